The van der Waals surface area contributed by atoms with Crippen LogP contribution < -0.4 is 9.64 Å². The van der Waals surface area contributed by atoms with Crippen LogP contribution in [0.3, 0.4) is 0 Å². The number of aromatic amines is 1. The van der Waals surface area contributed by atoms with Gasteiger partial charge in [-0.05, 0) is 32.0 Å². The molecule has 7 rings (SSSR count). The summed E-state index contributed by atoms with van der Waals surface area (Å²) in [5.41, 5.74) is 4.46. The Hall–Kier alpha value is -3.25. The number of aromatic nitrogens is 5. The third kappa shape index (κ3) is 4.63. The van der Waals surface area contributed by atoms with E-state index in [-0.39, 0.29) is 31.5 Å². The number of imidazole rings is 1. The highest BCUT2D eigenvalue weighted by molar-refractivity contribution is 6.33. The van der Waals surface area contributed by atoms with Crippen LogP contribution in [0.25, 0.3) is 22.4 Å². The molecule has 0 amide bonds. The quantitative estimate of drug-likeness (QED) is 0.372. The molecule has 0 aliphatic carbocycles. The van der Waals surface area contributed by atoms with Crippen molar-refractivity contribution in [2.75, 3.05) is 18.1 Å². The molecule has 2 fully saturated rings. The zero-order valence-electron chi connectivity index (χ0n) is 21.5. The summed E-state index contributed by atoms with van der Waals surface area (Å²) >= 11 is 6.61. The standard InChI is InChI=1S/C27H28ClFN6O4/c1-27(2,29)13-35-9-15-8-34(10-19(15)33-35)16-5-3-14(4-6-16)22-17(28)7-18-25(31-22)32-26(30-18)39-21-12-38-23-20(36)11-37-24(21)23/h3-7,9,20-21,23-24,36H,8,10-13H2,1-2H3,(H,30,31,32)/t20-,21-,23-,24-/m1/s1. The monoisotopic (exact) mass is 554 g/mol. The van der Waals surface area contributed by atoms with E-state index in [1.54, 1.807) is 24.6 Å². The van der Waals surface area contributed by atoms with Crippen LogP contribution in [-0.4, -0.2) is 73.1 Å². The Balaban J connectivity index is 1.06. The van der Waals surface area contributed by atoms with Gasteiger partial charge in [-0.25, -0.2) is 9.37 Å². The highest BCUT2D eigenvalue weighted by Gasteiger charge is 2.48. The Morgan fingerprint density at radius 3 is 2.72 bits per heavy atom. The van der Waals surface area contributed by atoms with Crippen LogP contribution in [0.4, 0.5) is 10.1 Å². The maximum absolute atomic E-state index is 14.0. The van der Waals surface area contributed by atoms with Gasteiger partial charge in [-0.15, -0.1) is 0 Å². The highest BCUT2D eigenvalue weighted by atomic mass is 35.5. The molecule has 0 unspecified atom stereocenters. The van der Waals surface area contributed by atoms with Gasteiger partial charge in [0.05, 0.1) is 48.2 Å². The Morgan fingerprint density at radius 1 is 1.15 bits per heavy atom. The second kappa shape index (κ2) is 9.16. The number of hydrogen-bond donors (Lipinski definition) is 2. The maximum atomic E-state index is 14.0. The summed E-state index contributed by atoms with van der Waals surface area (Å²) < 4.78 is 32.9. The van der Waals surface area contributed by atoms with Gasteiger partial charge >= 0.3 is 0 Å². The smallest absolute Gasteiger partial charge is 0.296 e. The normalized spacial score (nSPS) is 24.5. The van der Waals surface area contributed by atoms with Gasteiger partial charge in [-0.1, -0.05) is 23.7 Å². The van der Waals surface area contributed by atoms with Crippen LogP contribution in [0.15, 0.2) is 36.5 Å². The third-order valence-electron chi connectivity index (χ3n) is 7.32. The van der Waals surface area contributed by atoms with Crippen LogP contribution >= 0.6 is 11.6 Å². The molecule has 2 N–H and O–H groups in total. The molecular weight excluding hydrogens is 527 g/mol. The van der Waals surface area contributed by atoms with Crippen molar-refractivity contribution in [1.82, 2.24) is 24.7 Å². The second-order valence-electron chi connectivity index (χ2n) is 11.0. The van der Waals surface area contributed by atoms with Crippen LogP contribution in [-0.2, 0) is 29.1 Å². The van der Waals surface area contributed by atoms with Gasteiger partial charge in [0.25, 0.3) is 6.01 Å². The Morgan fingerprint density at radius 2 is 1.95 bits per heavy atom. The number of halogens is 2. The van der Waals surface area contributed by atoms with E-state index in [1.807, 2.05) is 30.5 Å². The fourth-order valence-corrected chi connectivity index (χ4v) is 5.79. The molecule has 204 valence electrons. The van der Waals surface area contributed by atoms with Gasteiger partial charge < -0.3 is 29.2 Å². The van der Waals surface area contributed by atoms with Crippen LogP contribution in [0.1, 0.15) is 25.1 Å². The topological polar surface area (TPSA) is 111 Å². The molecule has 12 heteroatoms. The van der Waals surface area contributed by atoms with Gasteiger partial charge in [0, 0.05) is 29.6 Å². The molecule has 6 heterocycles. The molecule has 0 spiro atoms. The number of aliphatic hydroxyl groups is 1. The summed E-state index contributed by atoms with van der Waals surface area (Å²) in [6.07, 6.45) is 0.206. The molecule has 0 bridgehead atoms. The average molecular weight is 555 g/mol. The van der Waals surface area contributed by atoms with Crippen molar-refractivity contribution in [2.45, 2.75) is 63.6 Å². The molecule has 0 radical (unpaired) electrons. The van der Waals surface area contributed by atoms with Crippen molar-refractivity contribution in [3.8, 4) is 17.3 Å². The lowest BCUT2D eigenvalue weighted by Crippen LogP contribution is -2.34. The lowest BCUT2D eigenvalue weighted by molar-refractivity contribution is 0.00706. The van der Waals surface area contributed by atoms with Crippen LogP contribution in [0, 0.1) is 0 Å². The van der Waals surface area contributed by atoms with Crippen molar-refractivity contribution in [2.24, 2.45) is 0 Å². The molecule has 3 aliphatic heterocycles. The minimum absolute atomic E-state index is 0.233. The number of fused-ring (bicyclic) bond motifs is 3. The number of hydrogen-bond acceptors (Lipinski definition) is 8. The SMILES string of the molecule is CC(C)(F)Cn1cc2c(n1)CN(c1ccc(-c3nc4nc(O[C@@H]5CO[C@H]6[C@@H]5OC[C@H]6O)[nH]c4cc3Cl)cc1)C2. The molecule has 4 aromatic rings. The number of benzene rings is 1. The largest absolute Gasteiger partial charge is 0.456 e. The van der Waals surface area contributed by atoms with E-state index in [9.17, 15) is 9.50 Å². The number of ether oxygens (including phenoxy) is 3. The average Bonchev–Trinajstić information content (AvgIpc) is 3.67. The lowest BCUT2D eigenvalue weighted by atomic mass is 10.1. The fourth-order valence-electron chi connectivity index (χ4n) is 5.53. The number of aliphatic hydroxyl groups excluding tert-OH is 1. The third-order valence-corrected chi connectivity index (χ3v) is 7.61. The van der Waals surface area contributed by atoms with Crippen molar-refractivity contribution >= 4 is 28.5 Å². The number of alkyl halides is 1. The maximum Gasteiger partial charge on any atom is 0.296 e. The number of pyridine rings is 1. The fraction of sp³-hybridized carbons (Fsp3) is 0.444. The van der Waals surface area contributed by atoms with Gasteiger partial charge in [0.15, 0.2) is 11.8 Å². The van der Waals surface area contributed by atoms with Crippen molar-refractivity contribution < 1.29 is 23.7 Å². The zero-order valence-corrected chi connectivity index (χ0v) is 22.2. The summed E-state index contributed by atoms with van der Waals surface area (Å²) in [5.74, 6) is 0. The molecule has 10 nitrogen and oxygen atoms in total. The number of rotatable bonds is 6. The van der Waals surface area contributed by atoms with Crippen molar-refractivity contribution in [3.63, 3.8) is 0 Å². The van der Waals surface area contributed by atoms with Crippen LogP contribution in [0.5, 0.6) is 6.01 Å². The van der Waals surface area contributed by atoms with Gasteiger partial charge in [-0.3, -0.25) is 4.68 Å². The number of nitrogens with zero attached hydrogens (tertiary/aromatic N) is 5. The van der Waals surface area contributed by atoms with E-state index in [4.69, 9.17) is 30.8 Å². The predicted molar refractivity (Wildman–Crippen MR) is 142 cm³/mol. The van der Waals surface area contributed by atoms with Crippen LogP contribution in [0.2, 0.25) is 5.02 Å². The minimum atomic E-state index is -1.30. The van der Waals surface area contributed by atoms with E-state index in [0.29, 0.717) is 41.0 Å². The first kappa shape index (κ1) is 24.8. The number of nitrogens with one attached hydrogen (secondary N) is 1. The molecule has 3 aromatic heterocycles. The first-order valence-electron chi connectivity index (χ1n) is 12.9. The van der Waals surface area contributed by atoms with Gasteiger partial charge in [0.2, 0.25) is 0 Å². The number of anilines is 1. The van der Waals surface area contributed by atoms with E-state index in [1.165, 1.54) is 0 Å². The molecule has 4 atom stereocenters. The summed E-state index contributed by atoms with van der Waals surface area (Å²) in [7, 11) is 0. The predicted octanol–water partition coefficient (Wildman–Crippen LogP) is 3.65. The Kier molecular flexibility index (Phi) is 5.81. The van der Waals surface area contributed by atoms with E-state index in [2.05, 4.69) is 20.0 Å². The Bertz CT molecular complexity index is 1510. The zero-order chi connectivity index (χ0) is 26.9. The molecule has 39 heavy (non-hydrogen) atoms. The summed E-state index contributed by atoms with van der Waals surface area (Å²) in [6, 6.07) is 10.1. The van der Waals surface area contributed by atoms with E-state index < -0.39 is 11.8 Å². The summed E-state index contributed by atoms with van der Waals surface area (Å²) in [4.78, 5) is 14.5. The van der Waals surface area contributed by atoms with E-state index >= 15 is 0 Å². The van der Waals surface area contributed by atoms with Crippen molar-refractivity contribution in [1.29, 1.82) is 0 Å². The Labute approximate surface area is 228 Å². The van der Waals surface area contributed by atoms with Crippen molar-refractivity contribution in [3.05, 3.63) is 52.8 Å². The highest BCUT2D eigenvalue weighted by Crippen LogP contribution is 2.34. The summed E-state index contributed by atoms with van der Waals surface area (Å²) in [5, 5.41) is 15.0. The molecule has 3 aliphatic rings. The molecule has 2 saturated heterocycles. The minimum Gasteiger partial charge on any atom is -0.456 e. The van der Waals surface area contributed by atoms with Gasteiger partial charge in [-0.2, -0.15) is 10.1 Å². The molecule has 1 aromatic carbocycles. The number of H-pyrrole nitrogens is 1. The van der Waals surface area contributed by atoms with E-state index in [0.717, 1.165) is 29.1 Å². The van der Waals surface area contributed by atoms with Gasteiger partial charge in [0.1, 0.15) is 24.0 Å². The second-order valence-corrected chi connectivity index (χ2v) is 11.4. The summed E-state index contributed by atoms with van der Waals surface area (Å²) in [6.45, 7) is 5.30. The lowest BCUT2D eigenvalue weighted by Gasteiger charge is -2.19. The first-order valence-corrected chi connectivity index (χ1v) is 13.3. The molecular formula is C27H28ClFN6O4. The molecule has 0 saturated carbocycles. The first-order chi connectivity index (χ1) is 18.7.